The Morgan fingerprint density at radius 1 is 1.53 bits per heavy atom. The largest absolute Gasteiger partial charge is 0.481 e. The van der Waals surface area contributed by atoms with E-state index in [0.717, 1.165) is 9.13 Å². The molecule has 1 rings (SSSR count). The van der Waals surface area contributed by atoms with Crippen LogP contribution >= 0.6 is 22.6 Å². The molecular formula is C12H13IO2. The summed E-state index contributed by atoms with van der Waals surface area (Å²) in [6, 6.07) is 7.55. The van der Waals surface area contributed by atoms with Gasteiger partial charge in [0, 0.05) is 3.57 Å². The molecule has 1 aromatic carbocycles. The number of rotatable bonds is 4. The van der Waals surface area contributed by atoms with Gasteiger partial charge in [-0.1, -0.05) is 18.2 Å². The van der Waals surface area contributed by atoms with Gasteiger partial charge in [0.05, 0.1) is 5.41 Å². The molecule has 0 aliphatic carbocycles. The molecule has 0 heterocycles. The van der Waals surface area contributed by atoms with Crippen molar-refractivity contribution in [2.24, 2.45) is 0 Å². The summed E-state index contributed by atoms with van der Waals surface area (Å²) in [5.74, 6) is -0.816. The Bertz CT molecular complexity index is 370. The Kier molecular flexibility index (Phi) is 3.90. The normalized spacial score (nSPS) is 14.3. The Morgan fingerprint density at radius 3 is 2.47 bits per heavy atom. The highest BCUT2D eigenvalue weighted by molar-refractivity contribution is 14.1. The lowest BCUT2D eigenvalue weighted by Gasteiger charge is -2.23. The third-order valence-corrected chi connectivity index (χ3v) is 3.23. The van der Waals surface area contributed by atoms with E-state index in [1.54, 1.807) is 13.0 Å². The second kappa shape index (κ2) is 4.79. The van der Waals surface area contributed by atoms with E-state index in [9.17, 15) is 9.90 Å². The molecule has 0 radical (unpaired) electrons. The third kappa shape index (κ3) is 2.59. The molecule has 0 amide bonds. The van der Waals surface area contributed by atoms with Gasteiger partial charge in [0.1, 0.15) is 0 Å². The number of carbonyl (C=O) groups is 1. The Labute approximate surface area is 103 Å². The van der Waals surface area contributed by atoms with E-state index in [0.29, 0.717) is 6.42 Å². The second-order valence-electron chi connectivity index (χ2n) is 3.64. The van der Waals surface area contributed by atoms with Crippen LogP contribution in [0.3, 0.4) is 0 Å². The predicted octanol–water partition coefficient (Wildman–Crippen LogP) is 3.21. The number of hydrogen-bond donors (Lipinski definition) is 1. The summed E-state index contributed by atoms with van der Waals surface area (Å²) in [6.07, 6.45) is 2.08. The highest BCUT2D eigenvalue weighted by Gasteiger charge is 2.33. The maximum Gasteiger partial charge on any atom is 0.314 e. The average molecular weight is 316 g/mol. The van der Waals surface area contributed by atoms with Crippen molar-refractivity contribution in [3.05, 3.63) is 46.1 Å². The van der Waals surface area contributed by atoms with Crippen LogP contribution in [0, 0.1) is 3.57 Å². The monoisotopic (exact) mass is 316 g/mol. The second-order valence-corrected chi connectivity index (χ2v) is 4.88. The van der Waals surface area contributed by atoms with Crippen molar-refractivity contribution >= 4 is 28.6 Å². The lowest BCUT2D eigenvalue weighted by Crippen LogP contribution is -2.31. The van der Waals surface area contributed by atoms with E-state index < -0.39 is 11.4 Å². The number of carboxylic acids is 1. The molecular weight excluding hydrogens is 303 g/mol. The first-order valence-corrected chi connectivity index (χ1v) is 5.69. The SMILES string of the molecule is C=CCC(C)(C(=O)O)c1ccc(I)cc1. The van der Waals surface area contributed by atoms with E-state index in [1.807, 2.05) is 24.3 Å². The fourth-order valence-corrected chi connectivity index (χ4v) is 1.79. The maximum atomic E-state index is 11.2. The third-order valence-electron chi connectivity index (χ3n) is 2.51. The van der Waals surface area contributed by atoms with Crippen LogP contribution in [0.15, 0.2) is 36.9 Å². The van der Waals surface area contributed by atoms with Crippen LogP contribution in [-0.2, 0) is 10.2 Å². The molecule has 0 saturated heterocycles. The summed E-state index contributed by atoms with van der Waals surface area (Å²) < 4.78 is 1.10. The van der Waals surface area contributed by atoms with Crippen molar-refractivity contribution in [1.82, 2.24) is 0 Å². The van der Waals surface area contributed by atoms with Gasteiger partial charge in [-0.2, -0.15) is 0 Å². The van der Waals surface area contributed by atoms with Gasteiger partial charge in [0.2, 0.25) is 0 Å². The van der Waals surface area contributed by atoms with Crippen molar-refractivity contribution < 1.29 is 9.90 Å². The highest BCUT2D eigenvalue weighted by atomic mass is 127. The van der Waals surface area contributed by atoms with Crippen LogP contribution in [0.1, 0.15) is 18.9 Å². The van der Waals surface area contributed by atoms with E-state index in [-0.39, 0.29) is 0 Å². The van der Waals surface area contributed by atoms with Gasteiger partial charge < -0.3 is 5.11 Å². The van der Waals surface area contributed by atoms with Crippen molar-refractivity contribution in [2.45, 2.75) is 18.8 Å². The zero-order chi connectivity index (χ0) is 11.5. The van der Waals surface area contributed by atoms with Crippen LogP contribution in [0.4, 0.5) is 0 Å². The van der Waals surface area contributed by atoms with Crippen LogP contribution in [-0.4, -0.2) is 11.1 Å². The molecule has 2 nitrogen and oxygen atoms in total. The standard InChI is InChI=1S/C12H13IO2/c1-3-8-12(2,11(14)15)9-4-6-10(13)7-5-9/h3-7H,1,8H2,2H3,(H,14,15). The minimum Gasteiger partial charge on any atom is -0.481 e. The molecule has 3 heteroatoms. The lowest BCUT2D eigenvalue weighted by molar-refractivity contribution is -0.143. The van der Waals surface area contributed by atoms with E-state index >= 15 is 0 Å². The molecule has 0 saturated carbocycles. The predicted molar refractivity (Wildman–Crippen MR) is 69.0 cm³/mol. The first-order chi connectivity index (χ1) is 7.00. The molecule has 15 heavy (non-hydrogen) atoms. The number of benzene rings is 1. The van der Waals surface area contributed by atoms with Gasteiger partial charge in [0.15, 0.2) is 0 Å². The molecule has 1 atom stereocenters. The van der Waals surface area contributed by atoms with Crippen molar-refractivity contribution in [1.29, 1.82) is 0 Å². The van der Waals surface area contributed by atoms with Crippen molar-refractivity contribution in [3.8, 4) is 0 Å². The first-order valence-electron chi connectivity index (χ1n) is 4.61. The van der Waals surface area contributed by atoms with Gasteiger partial charge in [-0.25, -0.2) is 0 Å². The highest BCUT2D eigenvalue weighted by Crippen LogP contribution is 2.28. The van der Waals surface area contributed by atoms with Gasteiger partial charge in [-0.3, -0.25) is 4.79 Å². The van der Waals surface area contributed by atoms with Crippen LogP contribution in [0.2, 0.25) is 0 Å². The summed E-state index contributed by atoms with van der Waals surface area (Å²) in [7, 11) is 0. The molecule has 80 valence electrons. The molecule has 0 fully saturated rings. The van der Waals surface area contributed by atoms with E-state index in [2.05, 4.69) is 29.2 Å². The first kappa shape index (κ1) is 12.2. The van der Waals surface area contributed by atoms with Crippen molar-refractivity contribution in [3.63, 3.8) is 0 Å². The zero-order valence-electron chi connectivity index (χ0n) is 8.53. The summed E-state index contributed by atoms with van der Waals surface area (Å²) in [5, 5.41) is 9.24. The molecule has 0 bridgehead atoms. The Hall–Kier alpha value is -0.840. The summed E-state index contributed by atoms with van der Waals surface area (Å²) in [4.78, 5) is 11.2. The van der Waals surface area contributed by atoms with Crippen molar-refractivity contribution in [2.75, 3.05) is 0 Å². The van der Waals surface area contributed by atoms with Gasteiger partial charge >= 0.3 is 5.97 Å². The molecule has 0 aromatic heterocycles. The van der Waals surface area contributed by atoms with Crippen LogP contribution in [0.25, 0.3) is 0 Å². The quantitative estimate of drug-likeness (QED) is 0.684. The molecule has 0 aliphatic heterocycles. The average Bonchev–Trinajstić information content (AvgIpc) is 2.18. The van der Waals surface area contributed by atoms with Crippen LogP contribution < -0.4 is 0 Å². The smallest absolute Gasteiger partial charge is 0.314 e. The number of hydrogen-bond acceptors (Lipinski definition) is 1. The molecule has 1 N–H and O–H groups in total. The fraction of sp³-hybridized carbons (Fsp3) is 0.250. The maximum absolute atomic E-state index is 11.2. The fourth-order valence-electron chi connectivity index (χ4n) is 1.44. The Morgan fingerprint density at radius 2 is 2.07 bits per heavy atom. The molecule has 0 spiro atoms. The minimum absolute atomic E-state index is 0.433. The Balaban J connectivity index is 3.14. The van der Waals surface area contributed by atoms with Gasteiger partial charge in [-0.15, -0.1) is 6.58 Å². The number of carboxylic acid groups (broad SMARTS) is 1. The van der Waals surface area contributed by atoms with E-state index in [4.69, 9.17) is 0 Å². The van der Waals surface area contributed by atoms with E-state index in [1.165, 1.54) is 0 Å². The lowest BCUT2D eigenvalue weighted by atomic mass is 9.80. The summed E-state index contributed by atoms with van der Waals surface area (Å²) >= 11 is 2.20. The summed E-state index contributed by atoms with van der Waals surface area (Å²) in [5.41, 5.74) is -0.0539. The summed E-state index contributed by atoms with van der Waals surface area (Å²) in [6.45, 7) is 5.33. The molecule has 0 aliphatic rings. The van der Waals surface area contributed by atoms with Gasteiger partial charge in [-0.05, 0) is 53.6 Å². The number of halogens is 1. The number of allylic oxidation sites excluding steroid dienone is 1. The minimum atomic E-state index is -0.869. The molecule has 1 unspecified atom stereocenters. The van der Waals surface area contributed by atoms with Crippen LogP contribution in [0.5, 0.6) is 0 Å². The number of aliphatic carboxylic acids is 1. The van der Waals surface area contributed by atoms with Gasteiger partial charge in [0.25, 0.3) is 0 Å². The topological polar surface area (TPSA) is 37.3 Å². The molecule has 1 aromatic rings. The zero-order valence-corrected chi connectivity index (χ0v) is 10.7.